The van der Waals surface area contributed by atoms with Crippen LogP contribution >= 0.6 is 34.5 Å². The highest BCUT2D eigenvalue weighted by Crippen LogP contribution is 2.39. The zero-order valence-corrected chi connectivity index (χ0v) is 14.8. The Balaban J connectivity index is 1.86. The monoisotopic (exact) mass is 379 g/mol. The highest BCUT2D eigenvalue weighted by atomic mass is 35.5. The van der Waals surface area contributed by atoms with Gasteiger partial charge in [-0.25, -0.2) is 4.79 Å². The second-order valence-corrected chi connectivity index (χ2v) is 6.72. The summed E-state index contributed by atoms with van der Waals surface area (Å²) in [5, 5.41) is 4.28. The molecule has 0 bridgehead atoms. The molecule has 0 atom stereocenters. The van der Waals surface area contributed by atoms with Crippen molar-refractivity contribution in [3.05, 3.63) is 63.0 Å². The Morgan fingerprint density at radius 1 is 1.08 bits per heavy atom. The molecule has 0 spiro atoms. The number of hydrogen-bond acceptors (Lipinski definition) is 4. The molecule has 0 radical (unpaired) electrons. The number of carbonyl (C=O) groups is 2. The lowest BCUT2D eigenvalue weighted by molar-refractivity contribution is 0.0600. The fourth-order valence-electron chi connectivity index (χ4n) is 2.21. The molecule has 0 saturated heterocycles. The lowest BCUT2D eigenvalue weighted by atomic mass is 10.2. The summed E-state index contributed by atoms with van der Waals surface area (Å²) in [5.74, 6) is -0.766. The van der Waals surface area contributed by atoms with Crippen molar-refractivity contribution in [2.45, 2.75) is 0 Å². The van der Waals surface area contributed by atoms with Crippen molar-refractivity contribution in [3.8, 4) is 0 Å². The van der Waals surface area contributed by atoms with Crippen molar-refractivity contribution in [1.29, 1.82) is 0 Å². The summed E-state index contributed by atoms with van der Waals surface area (Å²) in [6, 6.07) is 11.8. The molecule has 3 rings (SSSR count). The average molecular weight is 380 g/mol. The van der Waals surface area contributed by atoms with Crippen molar-refractivity contribution < 1.29 is 14.3 Å². The number of rotatable bonds is 3. The molecular formula is C17H11Cl2NO3S. The number of hydrogen-bond donors (Lipinski definition) is 1. The fraction of sp³-hybridized carbons (Fsp3) is 0.0588. The highest BCUT2D eigenvalue weighted by molar-refractivity contribution is 7.21. The van der Waals surface area contributed by atoms with Gasteiger partial charge in [0.2, 0.25) is 0 Å². The number of benzene rings is 2. The first-order chi connectivity index (χ1) is 11.5. The van der Waals surface area contributed by atoms with E-state index in [4.69, 9.17) is 23.2 Å². The smallest absolute Gasteiger partial charge is 0.337 e. The maximum Gasteiger partial charge on any atom is 0.337 e. The Kier molecular flexibility index (Phi) is 4.76. The Bertz CT molecular complexity index is 935. The summed E-state index contributed by atoms with van der Waals surface area (Å²) in [6.07, 6.45) is 0. The summed E-state index contributed by atoms with van der Waals surface area (Å²) < 4.78 is 5.48. The Morgan fingerprint density at radius 2 is 1.79 bits per heavy atom. The van der Waals surface area contributed by atoms with Crippen LogP contribution in [-0.2, 0) is 4.74 Å². The molecule has 1 amide bonds. The van der Waals surface area contributed by atoms with E-state index in [9.17, 15) is 9.59 Å². The second kappa shape index (κ2) is 6.81. The number of amides is 1. The summed E-state index contributed by atoms with van der Waals surface area (Å²) in [5.41, 5.74) is 0.953. The van der Waals surface area contributed by atoms with Crippen molar-refractivity contribution in [2.24, 2.45) is 0 Å². The van der Waals surface area contributed by atoms with Crippen LogP contribution in [0, 0.1) is 0 Å². The first-order valence-electron chi connectivity index (χ1n) is 6.87. The number of anilines is 1. The number of nitrogens with one attached hydrogen (secondary N) is 1. The summed E-state index contributed by atoms with van der Waals surface area (Å²) in [6.45, 7) is 0. The molecule has 0 saturated carbocycles. The van der Waals surface area contributed by atoms with Gasteiger partial charge in [0.05, 0.1) is 22.7 Å². The molecule has 1 N–H and O–H groups in total. The molecule has 1 heterocycles. The molecule has 1 aromatic heterocycles. The van der Waals surface area contributed by atoms with Crippen LogP contribution in [0.2, 0.25) is 10.0 Å². The van der Waals surface area contributed by atoms with Crippen LogP contribution in [0.4, 0.5) is 5.69 Å². The number of methoxy groups -OCH3 is 1. The molecule has 0 aliphatic heterocycles. The van der Waals surface area contributed by atoms with Gasteiger partial charge in [0, 0.05) is 15.8 Å². The van der Waals surface area contributed by atoms with Gasteiger partial charge in [-0.15, -0.1) is 11.3 Å². The van der Waals surface area contributed by atoms with Crippen LogP contribution in [0.1, 0.15) is 20.0 Å². The van der Waals surface area contributed by atoms with Gasteiger partial charge < -0.3 is 10.1 Å². The van der Waals surface area contributed by atoms with Crippen molar-refractivity contribution in [2.75, 3.05) is 12.4 Å². The van der Waals surface area contributed by atoms with Crippen LogP contribution < -0.4 is 5.32 Å². The zero-order chi connectivity index (χ0) is 17.3. The van der Waals surface area contributed by atoms with E-state index < -0.39 is 5.97 Å². The lowest BCUT2D eigenvalue weighted by Gasteiger charge is -2.05. The van der Waals surface area contributed by atoms with Gasteiger partial charge in [-0.3, -0.25) is 4.79 Å². The van der Waals surface area contributed by atoms with E-state index in [2.05, 4.69) is 10.1 Å². The van der Waals surface area contributed by atoms with Crippen molar-refractivity contribution >= 4 is 62.2 Å². The van der Waals surface area contributed by atoms with Gasteiger partial charge in [-0.1, -0.05) is 29.3 Å². The van der Waals surface area contributed by atoms with Crippen LogP contribution in [0.15, 0.2) is 42.5 Å². The van der Waals surface area contributed by atoms with E-state index in [1.165, 1.54) is 18.4 Å². The highest BCUT2D eigenvalue weighted by Gasteiger charge is 2.19. The molecule has 2 aromatic carbocycles. The van der Waals surface area contributed by atoms with Crippen molar-refractivity contribution in [1.82, 2.24) is 0 Å². The number of fused-ring (bicyclic) bond motifs is 1. The number of esters is 1. The lowest BCUT2D eigenvalue weighted by Crippen LogP contribution is -2.11. The predicted molar refractivity (Wildman–Crippen MR) is 97.6 cm³/mol. The van der Waals surface area contributed by atoms with Gasteiger partial charge >= 0.3 is 5.97 Å². The summed E-state index contributed by atoms with van der Waals surface area (Å²) in [7, 11) is 1.31. The van der Waals surface area contributed by atoms with Crippen LogP contribution in [0.5, 0.6) is 0 Å². The second-order valence-electron chi connectivity index (χ2n) is 4.88. The van der Waals surface area contributed by atoms with Gasteiger partial charge in [-0.05, 0) is 36.4 Å². The van der Waals surface area contributed by atoms with Gasteiger partial charge in [0.15, 0.2) is 0 Å². The van der Waals surface area contributed by atoms with E-state index in [0.29, 0.717) is 31.6 Å². The standard InChI is InChI=1S/C17H11Cl2NO3S/c1-23-17(22)9-5-7-10(8-6-9)20-16(21)15-14(19)13-11(18)3-2-4-12(13)24-15/h2-8H,1H3,(H,20,21). The first-order valence-corrected chi connectivity index (χ1v) is 8.44. The zero-order valence-electron chi connectivity index (χ0n) is 12.4. The molecule has 24 heavy (non-hydrogen) atoms. The van der Waals surface area contributed by atoms with Crippen LogP contribution in [0.25, 0.3) is 10.1 Å². The van der Waals surface area contributed by atoms with E-state index >= 15 is 0 Å². The van der Waals surface area contributed by atoms with Gasteiger partial charge in [-0.2, -0.15) is 0 Å². The number of ether oxygens (including phenoxy) is 1. The number of halogens is 2. The maximum atomic E-state index is 12.5. The first kappa shape index (κ1) is 16.8. The Morgan fingerprint density at radius 3 is 2.42 bits per heavy atom. The third kappa shape index (κ3) is 3.11. The molecule has 122 valence electrons. The normalized spacial score (nSPS) is 10.6. The third-order valence-electron chi connectivity index (χ3n) is 3.38. The molecule has 0 unspecified atom stereocenters. The third-order valence-corrected chi connectivity index (χ3v) is 5.34. The van der Waals surface area contributed by atoms with E-state index in [0.717, 1.165) is 4.70 Å². The molecule has 0 fully saturated rings. The number of carbonyl (C=O) groups excluding carboxylic acids is 2. The Labute approximate surface area is 151 Å². The molecular weight excluding hydrogens is 369 g/mol. The van der Waals surface area contributed by atoms with E-state index in [-0.39, 0.29) is 5.91 Å². The quantitative estimate of drug-likeness (QED) is 0.632. The fourth-order valence-corrected chi connectivity index (χ4v) is 4.06. The largest absolute Gasteiger partial charge is 0.465 e. The maximum absolute atomic E-state index is 12.5. The SMILES string of the molecule is COC(=O)c1ccc(NC(=O)c2sc3cccc(Cl)c3c2Cl)cc1. The average Bonchev–Trinajstić information content (AvgIpc) is 2.93. The minimum absolute atomic E-state index is 0.330. The Hall–Kier alpha value is -2.08. The molecule has 7 heteroatoms. The van der Waals surface area contributed by atoms with Crippen LogP contribution in [-0.4, -0.2) is 19.0 Å². The van der Waals surface area contributed by atoms with Crippen molar-refractivity contribution in [3.63, 3.8) is 0 Å². The van der Waals surface area contributed by atoms with E-state index in [1.807, 2.05) is 12.1 Å². The topological polar surface area (TPSA) is 55.4 Å². The van der Waals surface area contributed by atoms with Gasteiger partial charge in [0.1, 0.15) is 4.88 Å². The minimum Gasteiger partial charge on any atom is -0.465 e. The predicted octanol–water partition coefficient (Wildman–Crippen LogP) is 5.25. The van der Waals surface area contributed by atoms with Crippen LogP contribution in [0.3, 0.4) is 0 Å². The molecule has 4 nitrogen and oxygen atoms in total. The van der Waals surface area contributed by atoms with Gasteiger partial charge in [0.25, 0.3) is 5.91 Å². The minimum atomic E-state index is -0.435. The molecule has 3 aromatic rings. The van der Waals surface area contributed by atoms with E-state index in [1.54, 1.807) is 30.3 Å². The summed E-state index contributed by atoms with van der Waals surface area (Å²) >= 11 is 13.7. The summed E-state index contributed by atoms with van der Waals surface area (Å²) in [4.78, 5) is 24.3. The molecule has 0 aliphatic rings. The number of thiophene rings is 1. The molecule has 0 aliphatic carbocycles.